The van der Waals surface area contributed by atoms with Crippen LogP contribution in [0.1, 0.15) is 36.1 Å². The number of benzene rings is 4. The quantitative estimate of drug-likeness (QED) is 0.246. The van der Waals surface area contributed by atoms with Crippen LogP contribution < -0.4 is 5.01 Å². The van der Waals surface area contributed by atoms with Crippen LogP contribution in [0, 0.1) is 6.92 Å². The molecule has 30 heavy (non-hydrogen) atoms. The smallest absolute Gasteiger partial charge is 0.0731 e. The molecule has 4 aromatic carbocycles. The fourth-order valence-corrected chi connectivity index (χ4v) is 3.76. The molecule has 0 atom stereocenters. The highest BCUT2D eigenvalue weighted by atomic mass is 15.5. The second-order valence-electron chi connectivity index (χ2n) is 7.63. The molecule has 0 unspecified atom stereocenters. The first-order valence-electron chi connectivity index (χ1n) is 10.7. The summed E-state index contributed by atoms with van der Waals surface area (Å²) in [7, 11) is 0. The minimum absolute atomic E-state index is 1.01. The van der Waals surface area contributed by atoms with E-state index < -0.39 is 0 Å². The van der Waals surface area contributed by atoms with Gasteiger partial charge < -0.3 is 0 Å². The summed E-state index contributed by atoms with van der Waals surface area (Å²) in [4.78, 5) is 0. The van der Waals surface area contributed by atoms with Gasteiger partial charge in [-0.15, -0.1) is 0 Å². The van der Waals surface area contributed by atoms with Crippen molar-refractivity contribution in [3.05, 3.63) is 107 Å². The largest absolute Gasteiger partial charge is 0.233 e. The third kappa shape index (κ3) is 4.13. The van der Waals surface area contributed by atoms with Crippen molar-refractivity contribution >= 4 is 28.4 Å². The van der Waals surface area contributed by atoms with E-state index in [0.717, 1.165) is 29.8 Å². The van der Waals surface area contributed by atoms with Crippen molar-refractivity contribution in [3.63, 3.8) is 0 Å². The van der Waals surface area contributed by atoms with E-state index in [4.69, 9.17) is 5.10 Å². The van der Waals surface area contributed by atoms with Crippen molar-refractivity contribution in [1.82, 2.24) is 0 Å². The van der Waals surface area contributed by atoms with Gasteiger partial charge in [0.1, 0.15) is 0 Å². The number of fused-ring (bicyclic) bond motifs is 1. The Hall–Kier alpha value is -3.39. The number of rotatable bonds is 6. The van der Waals surface area contributed by atoms with Gasteiger partial charge in [-0.05, 0) is 60.0 Å². The van der Waals surface area contributed by atoms with Crippen molar-refractivity contribution < 1.29 is 0 Å². The number of nitrogens with zero attached hydrogens (tertiary/aromatic N) is 2. The lowest BCUT2D eigenvalue weighted by atomic mass is 10.0. The molecular weight excluding hydrogens is 364 g/mol. The van der Waals surface area contributed by atoms with Crippen LogP contribution in [0.2, 0.25) is 0 Å². The third-order valence-corrected chi connectivity index (χ3v) is 5.59. The van der Waals surface area contributed by atoms with Gasteiger partial charge in [-0.1, -0.05) is 86.1 Å². The van der Waals surface area contributed by atoms with E-state index in [0.29, 0.717) is 0 Å². The zero-order valence-electron chi connectivity index (χ0n) is 18.0. The van der Waals surface area contributed by atoms with E-state index in [9.17, 15) is 0 Å². The Morgan fingerprint density at radius 2 is 1.43 bits per heavy atom. The average Bonchev–Trinajstić information content (AvgIpc) is 2.80. The Kier molecular flexibility index (Phi) is 5.94. The predicted molar refractivity (Wildman–Crippen MR) is 130 cm³/mol. The number of aryl methyl sites for hydroxylation is 3. The second kappa shape index (κ2) is 8.96. The molecule has 0 bridgehead atoms. The summed E-state index contributed by atoms with van der Waals surface area (Å²) in [6.07, 6.45) is 3.98. The van der Waals surface area contributed by atoms with Gasteiger partial charge in [-0.2, -0.15) is 5.10 Å². The summed E-state index contributed by atoms with van der Waals surface area (Å²) in [6, 6.07) is 30.2. The predicted octanol–water partition coefficient (Wildman–Crippen LogP) is 7.45. The summed E-state index contributed by atoms with van der Waals surface area (Å²) in [5, 5.41) is 9.50. The highest BCUT2D eigenvalue weighted by Gasteiger charge is 2.13. The van der Waals surface area contributed by atoms with Crippen LogP contribution in [-0.4, -0.2) is 6.21 Å². The molecule has 0 aromatic heterocycles. The molecule has 0 N–H and O–H groups in total. The monoisotopic (exact) mass is 392 g/mol. The fourth-order valence-electron chi connectivity index (χ4n) is 3.76. The van der Waals surface area contributed by atoms with E-state index >= 15 is 0 Å². The van der Waals surface area contributed by atoms with Gasteiger partial charge in [0.15, 0.2) is 0 Å². The summed E-state index contributed by atoms with van der Waals surface area (Å²) >= 11 is 0. The Morgan fingerprint density at radius 3 is 2.10 bits per heavy atom. The molecule has 4 rings (SSSR count). The topological polar surface area (TPSA) is 15.6 Å². The van der Waals surface area contributed by atoms with Crippen LogP contribution in [0.25, 0.3) is 10.8 Å². The minimum Gasteiger partial charge on any atom is -0.233 e. The molecule has 2 heteroatoms. The van der Waals surface area contributed by atoms with Crippen LogP contribution in [0.3, 0.4) is 0 Å². The normalized spacial score (nSPS) is 11.3. The van der Waals surface area contributed by atoms with Crippen molar-refractivity contribution in [3.8, 4) is 0 Å². The molecule has 4 aromatic rings. The van der Waals surface area contributed by atoms with E-state index in [-0.39, 0.29) is 0 Å². The van der Waals surface area contributed by atoms with E-state index in [1.165, 1.54) is 27.5 Å². The molecular formula is C28H28N2. The number of hydrazone groups is 1. The molecule has 0 saturated heterocycles. The molecule has 0 fully saturated rings. The standard InChI is InChI=1S/C28H28N2/c1-4-22-14-17-25(18-15-22)30(29-20-23-12-10-21(3)11-13-23)28-19-16-24(5-2)26-8-6-7-9-27(26)28/h6-20H,4-5H2,1-3H3/b29-20-. The van der Waals surface area contributed by atoms with Gasteiger partial charge in [0.05, 0.1) is 17.6 Å². The molecule has 0 aliphatic rings. The summed E-state index contributed by atoms with van der Waals surface area (Å²) < 4.78 is 0. The first-order valence-corrected chi connectivity index (χ1v) is 10.7. The van der Waals surface area contributed by atoms with Crippen LogP contribution in [-0.2, 0) is 12.8 Å². The molecule has 0 aliphatic heterocycles. The zero-order valence-corrected chi connectivity index (χ0v) is 18.0. The Morgan fingerprint density at radius 1 is 0.733 bits per heavy atom. The lowest BCUT2D eigenvalue weighted by Crippen LogP contribution is -2.10. The van der Waals surface area contributed by atoms with Crippen molar-refractivity contribution in [2.24, 2.45) is 5.10 Å². The maximum atomic E-state index is 4.93. The molecule has 0 heterocycles. The first-order chi connectivity index (χ1) is 14.7. The van der Waals surface area contributed by atoms with E-state index in [1.54, 1.807) is 0 Å². The average molecular weight is 393 g/mol. The Balaban J connectivity index is 1.84. The Labute approximate surface area is 179 Å². The van der Waals surface area contributed by atoms with Gasteiger partial charge >= 0.3 is 0 Å². The van der Waals surface area contributed by atoms with Crippen molar-refractivity contribution in [1.29, 1.82) is 0 Å². The molecule has 0 saturated carbocycles. The molecule has 150 valence electrons. The zero-order chi connectivity index (χ0) is 20.9. The molecule has 2 nitrogen and oxygen atoms in total. The number of anilines is 2. The van der Waals surface area contributed by atoms with E-state index in [2.05, 4.69) is 111 Å². The van der Waals surface area contributed by atoms with Gasteiger partial charge in [0, 0.05) is 5.39 Å². The first kappa shape index (κ1) is 19.9. The summed E-state index contributed by atoms with van der Waals surface area (Å²) in [5.41, 5.74) is 7.18. The minimum atomic E-state index is 1.01. The summed E-state index contributed by atoms with van der Waals surface area (Å²) in [5.74, 6) is 0. The van der Waals surface area contributed by atoms with Gasteiger partial charge in [-0.25, -0.2) is 5.01 Å². The van der Waals surface area contributed by atoms with E-state index in [1.807, 2.05) is 6.21 Å². The summed E-state index contributed by atoms with van der Waals surface area (Å²) in [6.45, 7) is 6.49. The maximum absolute atomic E-state index is 4.93. The van der Waals surface area contributed by atoms with Gasteiger partial charge in [0.25, 0.3) is 0 Å². The SMILES string of the molecule is CCc1ccc(N(/N=C\c2ccc(C)cc2)c2ccc(CC)c3ccccc23)cc1. The molecule has 0 spiro atoms. The number of hydrogen-bond donors (Lipinski definition) is 0. The highest BCUT2D eigenvalue weighted by Crippen LogP contribution is 2.34. The lowest BCUT2D eigenvalue weighted by molar-refractivity contribution is 1.08. The van der Waals surface area contributed by atoms with Crippen molar-refractivity contribution in [2.45, 2.75) is 33.6 Å². The molecule has 0 aliphatic carbocycles. The fraction of sp³-hybridized carbons (Fsp3) is 0.179. The molecule has 0 amide bonds. The van der Waals surface area contributed by atoms with Gasteiger partial charge in [0.2, 0.25) is 0 Å². The maximum Gasteiger partial charge on any atom is 0.0731 e. The lowest BCUT2D eigenvalue weighted by Gasteiger charge is -2.22. The van der Waals surface area contributed by atoms with Crippen molar-refractivity contribution in [2.75, 3.05) is 5.01 Å². The second-order valence-corrected chi connectivity index (χ2v) is 7.63. The molecule has 0 radical (unpaired) electrons. The third-order valence-electron chi connectivity index (χ3n) is 5.59. The van der Waals surface area contributed by atoms with Crippen LogP contribution in [0.5, 0.6) is 0 Å². The van der Waals surface area contributed by atoms with Crippen LogP contribution >= 0.6 is 0 Å². The van der Waals surface area contributed by atoms with Crippen LogP contribution in [0.4, 0.5) is 11.4 Å². The van der Waals surface area contributed by atoms with Crippen LogP contribution in [0.15, 0.2) is 90.0 Å². The number of hydrogen-bond acceptors (Lipinski definition) is 2. The Bertz CT molecular complexity index is 1160. The van der Waals surface area contributed by atoms with Gasteiger partial charge in [-0.3, -0.25) is 0 Å². The highest BCUT2D eigenvalue weighted by molar-refractivity contribution is 5.98.